The van der Waals surface area contributed by atoms with E-state index in [0.29, 0.717) is 23.3 Å². The number of carbonyl (C=O) groups is 2. The van der Waals surface area contributed by atoms with Gasteiger partial charge in [-0.25, -0.2) is 0 Å². The molecule has 1 atom stereocenters. The van der Waals surface area contributed by atoms with Crippen molar-refractivity contribution < 1.29 is 19.1 Å². The van der Waals surface area contributed by atoms with Crippen molar-refractivity contribution in [3.8, 4) is 5.75 Å². The van der Waals surface area contributed by atoms with Crippen LogP contribution in [0.1, 0.15) is 36.2 Å². The van der Waals surface area contributed by atoms with Crippen molar-refractivity contribution in [1.82, 2.24) is 0 Å². The van der Waals surface area contributed by atoms with Crippen molar-refractivity contribution in [3.05, 3.63) is 65.2 Å². The summed E-state index contributed by atoms with van der Waals surface area (Å²) in [4.78, 5) is 25.4. The van der Waals surface area contributed by atoms with E-state index in [0.717, 1.165) is 11.3 Å². The van der Waals surface area contributed by atoms with Crippen LogP contribution in [0.3, 0.4) is 0 Å². The summed E-state index contributed by atoms with van der Waals surface area (Å²) in [6.45, 7) is 4.13. The molecular weight excluding hydrogens is 407 g/mol. The van der Waals surface area contributed by atoms with E-state index in [9.17, 15) is 9.59 Å². The molecule has 0 aromatic heterocycles. The molecule has 0 radical (unpaired) electrons. The SMILES string of the molecule is COc1ccc([Se]C2CC3=C(OC2(C)C)c2ccccc2C(=O)C3=O)cc1. The Balaban J connectivity index is 1.69. The minimum atomic E-state index is -0.427. The predicted octanol–water partition coefficient (Wildman–Crippen LogP) is 3.19. The van der Waals surface area contributed by atoms with Crippen molar-refractivity contribution >= 4 is 36.7 Å². The zero-order valence-corrected chi connectivity index (χ0v) is 17.2. The maximum absolute atomic E-state index is 12.7. The van der Waals surface area contributed by atoms with Crippen LogP contribution >= 0.6 is 0 Å². The molecule has 27 heavy (non-hydrogen) atoms. The summed E-state index contributed by atoms with van der Waals surface area (Å²) < 4.78 is 12.8. The van der Waals surface area contributed by atoms with Crippen molar-refractivity contribution in [1.29, 1.82) is 0 Å². The van der Waals surface area contributed by atoms with Crippen LogP contribution in [0.15, 0.2) is 54.1 Å². The van der Waals surface area contributed by atoms with Gasteiger partial charge >= 0.3 is 165 Å². The molecule has 0 saturated carbocycles. The maximum atomic E-state index is 12.7. The molecule has 0 saturated heterocycles. The van der Waals surface area contributed by atoms with Gasteiger partial charge in [-0.3, -0.25) is 0 Å². The first-order chi connectivity index (χ1) is 12.9. The van der Waals surface area contributed by atoms with Gasteiger partial charge in [0.1, 0.15) is 0 Å². The van der Waals surface area contributed by atoms with Gasteiger partial charge in [0, 0.05) is 0 Å². The van der Waals surface area contributed by atoms with Crippen molar-refractivity contribution in [2.75, 3.05) is 7.11 Å². The normalized spacial score (nSPS) is 20.6. The van der Waals surface area contributed by atoms with E-state index >= 15 is 0 Å². The Hall–Kier alpha value is -2.36. The van der Waals surface area contributed by atoms with Crippen molar-refractivity contribution in [2.24, 2.45) is 0 Å². The molecule has 2 aromatic carbocycles. The molecule has 138 valence electrons. The molecule has 1 aliphatic heterocycles. The molecule has 5 heteroatoms. The molecule has 1 unspecified atom stereocenters. The third-order valence-corrected chi connectivity index (χ3v) is 8.32. The Labute approximate surface area is 164 Å². The first kappa shape index (κ1) is 18.0. The second-order valence-corrected chi connectivity index (χ2v) is 9.88. The Morgan fingerprint density at radius 1 is 1.00 bits per heavy atom. The van der Waals surface area contributed by atoms with Gasteiger partial charge in [-0.05, 0) is 0 Å². The number of benzene rings is 2. The van der Waals surface area contributed by atoms with Gasteiger partial charge in [-0.1, -0.05) is 0 Å². The van der Waals surface area contributed by atoms with Gasteiger partial charge in [0.15, 0.2) is 0 Å². The molecule has 4 rings (SSSR count). The summed E-state index contributed by atoms with van der Waals surface area (Å²) in [7, 11) is 1.65. The standard InChI is InChI=1S/C22H20O4Se/c1-22(2)18(27-14-10-8-13(25-3)9-11-14)12-17-20(24)19(23)15-6-4-5-7-16(15)21(17)26-22/h4-11,18H,12H2,1-3H3. The van der Waals surface area contributed by atoms with E-state index < -0.39 is 17.2 Å². The first-order valence-corrected chi connectivity index (χ1v) is 10.7. The molecule has 4 nitrogen and oxygen atoms in total. The number of allylic oxidation sites excluding steroid dienone is 1. The van der Waals surface area contributed by atoms with E-state index in [1.54, 1.807) is 19.2 Å². The summed E-state index contributed by atoms with van der Waals surface area (Å²) >= 11 is 0.0919. The summed E-state index contributed by atoms with van der Waals surface area (Å²) in [5.41, 5.74) is 1.28. The Kier molecular flexibility index (Phi) is 4.45. The zero-order chi connectivity index (χ0) is 19.2. The number of Topliss-reactive ketones (excluding diaryl/α,β-unsaturated/α-hetero) is 2. The Morgan fingerprint density at radius 2 is 1.67 bits per heavy atom. The Bertz CT molecular complexity index is 957. The third kappa shape index (κ3) is 3.11. The molecule has 0 N–H and O–H groups in total. The second-order valence-electron chi connectivity index (χ2n) is 7.20. The van der Waals surface area contributed by atoms with Gasteiger partial charge in [-0.2, -0.15) is 0 Å². The van der Waals surface area contributed by atoms with Crippen LogP contribution in [-0.2, 0) is 9.53 Å². The van der Waals surface area contributed by atoms with E-state index in [4.69, 9.17) is 9.47 Å². The van der Waals surface area contributed by atoms with Crippen LogP contribution in [0.2, 0.25) is 4.82 Å². The van der Waals surface area contributed by atoms with Gasteiger partial charge in [0.2, 0.25) is 0 Å². The summed E-state index contributed by atoms with van der Waals surface area (Å²) in [5, 5.41) is 0. The van der Waals surface area contributed by atoms with Crippen molar-refractivity contribution in [2.45, 2.75) is 30.7 Å². The first-order valence-electron chi connectivity index (χ1n) is 8.82. The number of methoxy groups -OCH3 is 1. The molecule has 0 fully saturated rings. The van der Waals surface area contributed by atoms with E-state index in [1.807, 2.05) is 24.3 Å². The van der Waals surface area contributed by atoms with Gasteiger partial charge in [0.05, 0.1) is 0 Å². The van der Waals surface area contributed by atoms with E-state index in [-0.39, 0.29) is 19.8 Å². The van der Waals surface area contributed by atoms with Gasteiger partial charge in [-0.15, -0.1) is 0 Å². The summed E-state index contributed by atoms with van der Waals surface area (Å²) in [6, 6.07) is 15.2. The number of carbonyl (C=O) groups excluding carboxylic acids is 2. The fourth-order valence-electron chi connectivity index (χ4n) is 3.47. The van der Waals surface area contributed by atoms with E-state index in [1.165, 1.54) is 4.46 Å². The molecule has 0 amide bonds. The molecule has 0 bridgehead atoms. The number of hydrogen-bond acceptors (Lipinski definition) is 4. The topological polar surface area (TPSA) is 52.6 Å². The summed E-state index contributed by atoms with van der Waals surface area (Å²) in [5.74, 6) is 0.559. The fraction of sp³-hybridized carbons (Fsp3) is 0.273. The molecular formula is C22H20O4Se. The average Bonchev–Trinajstić information content (AvgIpc) is 2.67. The van der Waals surface area contributed by atoms with E-state index in [2.05, 4.69) is 26.0 Å². The second kappa shape index (κ2) is 6.66. The number of fused-ring (bicyclic) bond motifs is 2. The number of ketones is 2. The van der Waals surface area contributed by atoms with Crippen LogP contribution in [0.4, 0.5) is 0 Å². The van der Waals surface area contributed by atoms with Crippen molar-refractivity contribution in [3.63, 3.8) is 0 Å². The monoisotopic (exact) mass is 428 g/mol. The van der Waals surface area contributed by atoms with Gasteiger partial charge in [0.25, 0.3) is 0 Å². The average molecular weight is 427 g/mol. The van der Waals surface area contributed by atoms with Crippen LogP contribution in [0.25, 0.3) is 5.76 Å². The Morgan fingerprint density at radius 3 is 2.33 bits per heavy atom. The van der Waals surface area contributed by atoms with Crippen LogP contribution in [0.5, 0.6) is 5.75 Å². The molecule has 1 aliphatic carbocycles. The quantitative estimate of drug-likeness (QED) is 0.558. The van der Waals surface area contributed by atoms with Crippen LogP contribution < -0.4 is 9.20 Å². The predicted molar refractivity (Wildman–Crippen MR) is 105 cm³/mol. The zero-order valence-electron chi connectivity index (χ0n) is 15.4. The molecule has 2 aliphatic rings. The van der Waals surface area contributed by atoms with Crippen LogP contribution in [-0.4, -0.2) is 39.2 Å². The number of ether oxygens (including phenoxy) is 2. The summed E-state index contributed by atoms with van der Waals surface area (Å²) in [6.07, 6.45) is 0.563. The molecule has 0 spiro atoms. The van der Waals surface area contributed by atoms with Crippen LogP contribution in [0, 0.1) is 0 Å². The molecule has 1 heterocycles. The minimum absolute atomic E-state index is 0.0919. The number of hydrogen-bond donors (Lipinski definition) is 0. The third-order valence-electron chi connectivity index (χ3n) is 5.04. The fourth-order valence-corrected chi connectivity index (χ4v) is 5.99. The molecule has 2 aromatic rings. The number of rotatable bonds is 3. The van der Waals surface area contributed by atoms with Gasteiger partial charge < -0.3 is 0 Å².